The van der Waals surface area contributed by atoms with Crippen molar-refractivity contribution in [2.24, 2.45) is 5.41 Å². The molecule has 0 radical (unpaired) electrons. The van der Waals surface area contributed by atoms with Crippen LogP contribution in [-0.2, 0) is 4.79 Å². The summed E-state index contributed by atoms with van der Waals surface area (Å²) in [5, 5.41) is 2.93. The number of carbonyl (C=O) groups excluding carboxylic acids is 1. The Kier molecular flexibility index (Phi) is 6.17. The maximum absolute atomic E-state index is 11.4. The number of carbonyl (C=O) groups is 1. The van der Waals surface area contributed by atoms with E-state index in [1.165, 1.54) is 0 Å². The molecule has 0 spiro atoms. The van der Waals surface area contributed by atoms with Gasteiger partial charge in [0.25, 0.3) is 0 Å². The van der Waals surface area contributed by atoms with Crippen molar-refractivity contribution in [2.45, 2.75) is 52.3 Å². The van der Waals surface area contributed by atoms with E-state index in [9.17, 15) is 4.79 Å². The summed E-state index contributed by atoms with van der Waals surface area (Å²) in [5.74, 6) is 0.0965. The Morgan fingerprint density at radius 3 is 2.43 bits per heavy atom. The van der Waals surface area contributed by atoms with Crippen molar-refractivity contribution >= 4 is 17.5 Å². The third-order valence-electron chi connectivity index (χ3n) is 1.81. The Bertz CT molecular complexity index is 175. The Balaban J connectivity index is 3.64. The van der Waals surface area contributed by atoms with Crippen molar-refractivity contribution in [3.63, 3.8) is 0 Å². The van der Waals surface area contributed by atoms with Crippen molar-refractivity contribution in [3.8, 4) is 0 Å². The van der Waals surface area contributed by atoms with Crippen molar-refractivity contribution in [3.05, 3.63) is 0 Å². The van der Waals surface area contributed by atoms with Crippen molar-refractivity contribution < 1.29 is 4.79 Å². The van der Waals surface area contributed by atoms with E-state index in [1.807, 2.05) is 0 Å². The summed E-state index contributed by atoms with van der Waals surface area (Å²) >= 11 is 5.98. The van der Waals surface area contributed by atoms with E-state index in [0.717, 1.165) is 12.8 Å². The highest BCUT2D eigenvalue weighted by Crippen LogP contribution is 2.17. The molecule has 1 unspecified atom stereocenters. The Morgan fingerprint density at radius 2 is 2.00 bits per heavy atom. The third kappa shape index (κ3) is 8.36. The summed E-state index contributed by atoms with van der Waals surface area (Å²) in [6.45, 7) is 8.83. The van der Waals surface area contributed by atoms with Gasteiger partial charge in [-0.25, -0.2) is 0 Å². The van der Waals surface area contributed by atoms with E-state index >= 15 is 0 Å². The quantitative estimate of drug-likeness (QED) is 0.708. The van der Waals surface area contributed by atoms with Crippen LogP contribution >= 0.6 is 11.6 Å². The van der Waals surface area contributed by atoms with Crippen LogP contribution in [0.4, 0.5) is 0 Å². The molecule has 0 rings (SSSR count). The van der Waals surface area contributed by atoms with E-state index in [4.69, 9.17) is 11.6 Å². The summed E-state index contributed by atoms with van der Waals surface area (Å²) in [4.78, 5) is 11.4. The second-order valence-corrected chi connectivity index (χ2v) is 5.54. The molecule has 2 nitrogen and oxygen atoms in total. The number of nitrogens with one attached hydrogen (secondary N) is 1. The van der Waals surface area contributed by atoms with Gasteiger partial charge in [-0.05, 0) is 11.8 Å². The van der Waals surface area contributed by atoms with Crippen LogP contribution in [0.5, 0.6) is 0 Å². The summed E-state index contributed by atoms with van der Waals surface area (Å²) in [6, 6.07) is 0. The van der Waals surface area contributed by atoms with Gasteiger partial charge in [-0.1, -0.05) is 34.1 Å². The van der Waals surface area contributed by atoms with Gasteiger partial charge in [0.2, 0.25) is 5.91 Å². The molecule has 1 atom stereocenters. The normalized spacial score (nSPS) is 13.8. The summed E-state index contributed by atoms with van der Waals surface area (Å²) < 4.78 is 0. The first-order valence-electron chi connectivity index (χ1n) is 5.26. The molecule has 0 bridgehead atoms. The molecule has 3 heteroatoms. The molecule has 0 aromatic heterocycles. The zero-order valence-corrected chi connectivity index (χ0v) is 10.4. The van der Waals surface area contributed by atoms with Gasteiger partial charge >= 0.3 is 0 Å². The van der Waals surface area contributed by atoms with Gasteiger partial charge in [-0.3, -0.25) is 4.79 Å². The zero-order valence-electron chi connectivity index (χ0n) is 9.69. The largest absolute Gasteiger partial charge is 0.355 e. The second-order valence-electron chi connectivity index (χ2n) is 4.93. The fraction of sp³-hybridized carbons (Fsp3) is 0.909. The Labute approximate surface area is 92.4 Å². The topological polar surface area (TPSA) is 29.1 Å². The Morgan fingerprint density at radius 1 is 1.43 bits per heavy atom. The molecule has 0 saturated heterocycles. The first-order chi connectivity index (χ1) is 6.35. The van der Waals surface area contributed by atoms with Gasteiger partial charge in [-0.15, -0.1) is 11.6 Å². The molecule has 0 heterocycles. The first-order valence-corrected chi connectivity index (χ1v) is 5.69. The first kappa shape index (κ1) is 13.8. The highest BCUT2D eigenvalue weighted by Gasteiger charge is 2.16. The number of alkyl halides is 1. The molecular weight excluding hydrogens is 198 g/mol. The highest BCUT2D eigenvalue weighted by atomic mass is 35.5. The second kappa shape index (κ2) is 6.28. The van der Waals surface area contributed by atoms with Crippen LogP contribution in [0.1, 0.15) is 47.0 Å². The number of hydrogen-bond acceptors (Lipinski definition) is 1. The fourth-order valence-electron chi connectivity index (χ4n) is 1.18. The molecular formula is C11H22ClNO. The Hall–Kier alpha value is -0.240. The lowest BCUT2D eigenvalue weighted by atomic mass is 9.92. The van der Waals surface area contributed by atoms with Crippen LogP contribution in [0.15, 0.2) is 0 Å². The minimum Gasteiger partial charge on any atom is -0.355 e. The van der Waals surface area contributed by atoms with E-state index in [2.05, 4.69) is 33.0 Å². The van der Waals surface area contributed by atoms with Gasteiger partial charge < -0.3 is 5.32 Å². The summed E-state index contributed by atoms with van der Waals surface area (Å²) in [6.07, 6.45) is 2.57. The fourth-order valence-corrected chi connectivity index (χ4v) is 1.48. The predicted molar refractivity (Wildman–Crippen MR) is 61.6 cm³/mol. The lowest BCUT2D eigenvalue weighted by Crippen LogP contribution is -2.32. The van der Waals surface area contributed by atoms with Crippen LogP contribution in [0.25, 0.3) is 0 Å². The van der Waals surface area contributed by atoms with E-state index in [0.29, 0.717) is 13.0 Å². The number of amides is 1. The lowest BCUT2D eigenvalue weighted by molar-refractivity contribution is -0.122. The van der Waals surface area contributed by atoms with E-state index in [-0.39, 0.29) is 16.7 Å². The molecule has 0 aromatic carbocycles. The molecule has 0 aliphatic carbocycles. The van der Waals surface area contributed by atoms with E-state index in [1.54, 1.807) is 0 Å². The van der Waals surface area contributed by atoms with Gasteiger partial charge in [0, 0.05) is 13.0 Å². The average Bonchev–Trinajstić information content (AvgIpc) is 1.98. The molecule has 1 N–H and O–H groups in total. The molecule has 84 valence electrons. The number of rotatable bonds is 5. The minimum absolute atomic E-state index is 0.0522. The van der Waals surface area contributed by atoms with Crippen LogP contribution in [-0.4, -0.2) is 17.8 Å². The number of hydrogen-bond donors (Lipinski definition) is 1. The van der Waals surface area contributed by atoms with Gasteiger partial charge in [0.15, 0.2) is 0 Å². The number of halogens is 1. The van der Waals surface area contributed by atoms with Gasteiger partial charge in [0.05, 0.1) is 5.38 Å². The lowest BCUT2D eigenvalue weighted by Gasteiger charge is -2.18. The monoisotopic (exact) mass is 219 g/mol. The van der Waals surface area contributed by atoms with Crippen molar-refractivity contribution in [1.82, 2.24) is 5.32 Å². The maximum Gasteiger partial charge on any atom is 0.220 e. The predicted octanol–water partition coefficient (Wildman–Crippen LogP) is 2.95. The molecule has 14 heavy (non-hydrogen) atoms. The standard InChI is InChI=1S/C11H22ClNO/c1-5-6-9(12)8-13-10(14)7-11(2,3)4/h9H,5-8H2,1-4H3,(H,13,14). The summed E-state index contributed by atoms with van der Waals surface area (Å²) in [7, 11) is 0. The third-order valence-corrected chi connectivity index (χ3v) is 2.19. The SMILES string of the molecule is CCCC(Cl)CNC(=O)CC(C)(C)C. The van der Waals surface area contributed by atoms with Gasteiger partial charge in [-0.2, -0.15) is 0 Å². The summed E-state index contributed by atoms with van der Waals surface area (Å²) in [5.41, 5.74) is 0.0522. The smallest absolute Gasteiger partial charge is 0.220 e. The van der Waals surface area contributed by atoms with Gasteiger partial charge in [0.1, 0.15) is 0 Å². The molecule has 0 aliphatic rings. The molecule has 0 saturated carbocycles. The molecule has 0 aromatic rings. The molecule has 0 aliphatic heterocycles. The average molecular weight is 220 g/mol. The molecule has 1 amide bonds. The van der Waals surface area contributed by atoms with Crippen LogP contribution < -0.4 is 5.32 Å². The van der Waals surface area contributed by atoms with Crippen LogP contribution in [0.3, 0.4) is 0 Å². The highest BCUT2D eigenvalue weighted by molar-refractivity contribution is 6.20. The maximum atomic E-state index is 11.4. The zero-order chi connectivity index (χ0) is 11.2. The minimum atomic E-state index is 0.0522. The van der Waals surface area contributed by atoms with Crippen LogP contribution in [0, 0.1) is 5.41 Å². The van der Waals surface area contributed by atoms with Crippen molar-refractivity contribution in [1.29, 1.82) is 0 Å². The van der Waals surface area contributed by atoms with Crippen molar-refractivity contribution in [2.75, 3.05) is 6.54 Å². The van der Waals surface area contributed by atoms with Crippen LogP contribution in [0.2, 0.25) is 0 Å². The van der Waals surface area contributed by atoms with E-state index < -0.39 is 0 Å². The molecule has 0 fully saturated rings.